The Kier molecular flexibility index (Phi) is 6.50. The third-order valence-corrected chi connectivity index (χ3v) is 4.07. The van der Waals surface area contributed by atoms with Gasteiger partial charge in [0.2, 0.25) is 5.13 Å². The Morgan fingerprint density at radius 3 is 2.88 bits per heavy atom. The molecule has 0 spiro atoms. The van der Waals surface area contributed by atoms with Crippen LogP contribution in [0.15, 0.2) is 4.34 Å². The Morgan fingerprint density at radius 1 is 1.47 bits per heavy atom. The van der Waals surface area contributed by atoms with Crippen LogP contribution in [-0.4, -0.2) is 28.3 Å². The van der Waals surface area contributed by atoms with Crippen LogP contribution in [0, 0.1) is 5.92 Å². The first-order valence-corrected chi connectivity index (χ1v) is 7.57. The van der Waals surface area contributed by atoms with Crippen molar-refractivity contribution in [3.05, 3.63) is 0 Å². The number of anilines is 1. The zero-order valence-corrected chi connectivity index (χ0v) is 12.2. The van der Waals surface area contributed by atoms with Gasteiger partial charge in [-0.15, -0.1) is 10.2 Å². The van der Waals surface area contributed by atoms with E-state index >= 15 is 0 Å². The van der Waals surface area contributed by atoms with Crippen molar-refractivity contribution in [2.24, 2.45) is 5.92 Å². The number of carbonyl (C=O) groups excluding carboxylic acids is 1. The highest BCUT2D eigenvalue weighted by molar-refractivity contribution is 8.01. The van der Waals surface area contributed by atoms with E-state index in [1.54, 1.807) is 30.0 Å². The molecule has 0 saturated heterocycles. The van der Waals surface area contributed by atoms with Gasteiger partial charge in [-0.05, 0) is 19.3 Å². The predicted molar refractivity (Wildman–Crippen MR) is 73.9 cm³/mol. The van der Waals surface area contributed by atoms with Crippen LogP contribution in [0.5, 0.6) is 0 Å². The lowest BCUT2D eigenvalue weighted by Gasteiger charge is -2.03. The highest BCUT2D eigenvalue weighted by Crippen LogP contribution is 2.26. The zero-order chi connectivity index (χ0) is 12.7. The first-order valence-electron chi connectivity index (χ1n) is 5.77. The molecule has 6 heteroatoms. The van der Waals surface area contributed by atoms with E-state index in [1.165, 1.54) is 0 Å². The largest absolute Gasteiger partial charge is 0.360 e. The van der Waals surface area contributed by atoms with E-state index in [4.69, 9.17) is 0 Å². The number of Topliss-reactive ketones (excluding diaryl/α,β-unsaturated/α-hetero) is 1. The molecular formula is C11H19N3OS2. The van der Waals surface area contributed by atoms with Crippen LogP contribution in [0.3, 0.4) is 0 Å². The van der Waals surface area contributed by atoms with Gasteiger partial charge in [0.1, 0.15) is 5.78 Å². The second-order valence-electron chi connectivity index (χ2n) is 4.30. The summed E-state index contributed by atoms with van der Waals surface area (Å²) in [6, 6.07) is 0. The molecule has 0 aliphatic heterocycles. The molecule has 1 aromatic rings. The molecular weight excluding hydrogens is 254 g/mol. The van der Waals surface area contributed by atoms with E-state index in [2.05, 4.69) is 29.4 Å². The highest BCUT2D eigenvalue weighted by atomic mass is 32.2. The molecule has 0 radical (unpaired) electrons. The van der Waals surface area contributed by atoms with E-state index in [0.29, 0.717) is 12.3 Å². The van der Waals surface area contributed by atoms with Gasteiger partial charge in [-0.1, -0.05) is 36.9 Å². The summed E-state index contributed by atoms with van der Waals surface area (Å²) in [6.45, 7) is 6.87. The monoisotopic (exact) mass is 273 g/mol. The lowest BCUT2D eigenvalue weighted by atomic mass is 10.2. The molecule has 17 heavy (non-hydrogen) atoms. The molecule has 0 fully saturated rings. The van der Waals surface area contributed by atoms with Gasteiger partial charge >= 0.3 is 0 Å². The number of rotatable bonds is 8. The fraction of sp³-hybridized carbons (Fsp3) is 0.727. The molecule has 0 aliphatic rings. The molecule has 1 aromatic heterocycles. The normalized spacial score (nSPS) is 10.8. The summed E-state index contributed by atoms with van der Waals surface area (Å²) < 4.78 is 0.972. The van der Waals surface area contributed by atoms with Gasteiger partial charge in [0.25, 0.3) is 0 Å². The summed E-state index contributed by atoms with van der Waals surface area (Å²) >= 11 is 3.25. The number of aromatic nitrogens is 2. The first-order chi connectivity index (χ1) is 8.08. The van der Waals surface area contributed by atoms with E-state index in [-0.39, 0.29) is 5.78 Å². The molecule has 0 amide bonds. The van der Waals surface area contributed by atoms with Gasteiger partial charge in [-0.2, -0.15) is 0 Å². The van der Waals surface area contributed by atoms with Crippen LogP contribution in [0.25, 0.3) is 0 Å². The van der Waals surface area contributed by atoms with Crippen LogP contribution in [0.2, 0.25) is 0 Å². The summed E-state index contributed by atoms with van der Waals surface area (Å²) in [7, 11) is 0. The molecule has 1 heterocycles. The van der Waals surface area contributed by atoms with E-state index < -0.39 is 0 Å². The average Bonchev–Trinajstić information content (AvgIpc) is 2.69. The van der Waals surface area contributed by atoms with Crippen LogP contribution < -0.4 is 5.32 Å². The number of nitrogens with one attached hydrogen (secondary N) is 1. The fourth-order valence-corrected chi connectivity index (χ4v) is 2.88. The first kappa shape index (κ1) is 14.4. The predicted octanol–water partition coefficient (Wildman–Crippen LogP) is 3.07. The minimum absolute atomic E-state index is 0.252. The minimum Gasteiger partial charge on any atom is -0.360 e. The van der Waals surface area contributed by atoms with Crippen molar-refractivity contribution in [2.45, 2.75) is 38.0 Å². The van der Waals surface area contributed by atoms with Crippen molar-refractivity contribution in [1.82, 2.24) is 10.2 Å². The van der Waals surface area contributed by atoms with Crippen LogP contribution >= 0.6 is 23.1 Å². The molecule has 0 atom stereocenters. The molecule has 0 aromatic carbocycles. The van der Waals surface area contributed by atoms with Gasteiger partial charge in [-0.25, -0.2) is 0 Å². The van der Waals surface area contributed by atoms with Crippen molar-refractivity contribution >= 4 is 34.0 Å². The molecule has 0 aliphatic carbocycles. The van der Waals surface area contributed by atoms with E-state index in [9.17, 15) is 4.79 Å². The molecule has 96 valence electrons. The maximum Gasteiger partial charge on any atom is 0.206 e. The number of ketones is 1. The maximum absolute atomic E-state index is 10.8. The van der Waals surface area contributed by atoms with Gasteiger partial charge < -0.3 is 10.1 Å². The highest BCUT2D eigenvalue weighted by Gasteiger charge is 2.05. The molecule has 1 N–H and O–H groups in total. The van der Waals surface area contributed by atoms with Crippen LogP contribution in [-0.2, 0) is 4.79 Å². The molecule has 1 rings (SSSR count). The van der Waals surface area contributed by atoms with Crippen molar-refractivity contribution in [3.8, 4) is 0 Å². The van der Waals surface area contributed by atoms with Gasteiger partial charge in [0.05, 0.1) is 0 Å². The van der Waals surface area contributed by atoms with Gasteiger partial charge in [0, 0.05) is 18.7 Å². The SMILES string of the molecule is CC(=O)CCCSc1nnc(NCC(C)C)s1. The topological polar surface area (TPSA) is 54.9 Å². The second-order valence-corrected chi connectivity index (χ2v) is 6.62. The Bertz CT molecular complexity index is 352. The lowest BCUT2D eigenvalue weighted by molar-refractivity contribution is -0.117. The summed E-state index contributed by atoms with van der Waals surface area (Å²) in [5.74, 6) is 1.78. The summed E-state index contributed by atoms with van der Waals surface area (Å²) in [5, 5.41) is 12.3. The van der Waals surface area contributed by atoms with E-state index in [0.717, 1.165) is 28.2 Å². The van der Waals surface area contributed by atoms with Crippen molar-refractivity contribution in [3.63, 3.8) is 0 Å². The number of hydrogen-bond donors (Lipinski definition) is 1. The Balaban J connectivity index is 2.23. The average molecular weight is 273 g/mol. The van der Waals surface area contributed by atoms with Gasteiger partial charge in [-0.3, -0.25) is 0 Å². The number of thioether (sulfide) groups is 1. The third-order valence-electron chi connectivity index (χ3n) is 1.97. The zero-order valence-electron chi connectivity index (χ0n) is 10.5. The van der Waals surface area contributed by atoms with Crippen molar-refractivity contribution in [2.75, 3.05) is 17.6 Å². The van der Waals surface area contributed by atoms with Crippen molar-refractivity contribution < 1.29 is 4.79 Å². The summed E-state index contributed by atoms with van der Waals surface area (Å²) in [4.78, 5) is 10.8. The van der Waals surface area contributed by atoms with E-state index in [1.807, 2.05) is 0 Å². The Labute approximate surface area is 111 Å². The summed E-state index contributed by atoms with van der Waals surface area (Å²) in [5.41, 5.74) is 0. The number of nitrogens with zero attached hydrogens (tertiary/aromatic N) is 2. The number of carbonyl (C=O) groups is 1. The molecule has 0 unspecified atom stereocenters. The molecule has 0 saturated carbocycles. The Morgan fingerprint density at radius 2 is 2.24 bits per heavy atom. The second kappa shape index (κ2) is 7.66. The minimum atomic E-state index is 0.252. The van der Waals surface area contributed by atoms with Crippen LogP contribution in [0.1, 0.15) is 33.6 Å². The number of hydrogen-bond acceptors (Lipinski definition) is 6. The molecule has 0 bridgehead atoms. The Hall–Kier alpha value is -0.620. The summed E-state index contributed by atoms with van der Waals surface area (Å²) in [6.07, 6.45) is 1.57. The maximum atomic E-state index is 10.8. The molecule has 4 nitrogen and oxygen atoms in total. The van der Waals surface area contributed by atoms with Crippen molar-refractivity contribution in [1.29, 1.82) is 0 Å². The van der Waals surface area contributed by atoms with Crippen LogP contribution in [0.4, 0.5) is 5.13 Å². The van der Waals surface area contributed by atoms with Gasteiger partial charge in [0.15, 0.2) is 4.34 Å². The fourth-order valence-electron chi connectivity index (χ4n) is 1.11. The smallest absolute Gasteiger partial charge is 0.206 e. The quantitative estimate of drug-likeness (QED) is 0.583. The third kappa shape index (κ3) is 6.63. The standard InChI is InChI=1S/C11H19N3OS2/c1-8(2)7-12-10-13-14-11(17-10)16-6-4-5-9(3)15/h8H,4-7H2,1-3H3,(H,12,13). The lowest BCUT2D eigenvalue weighted by Crippen LogP contribution is -2.07.